The molecule has 21 heavy (non-hydrogen) atoms. The van der Waals surface area contributed by atoms with Crippen LogP contribution in [-0.4, -0.2) is 26.2 Å². The highest BCUT2D eigenvalue weighted by molar-refractivity contribution is 8.20. The van der Waals surface area contributed by atoms with Crippen LogP contribution in [0.4, 0.5) is 0 Å². The molecule has 2 heterocycles. The molecular weight excluding hydrogens is 308 g/mol. The van der Waals surface area contributed by atoms with E-state index >= 15 is 0 Å². The molecule has 1 unspecified atom stereocenters. The monoisotopic (exact) mass is 322 g/mol. The Balaban J connectivity index is 1.84. The summed E-state index contributed by atoms with van der Waals surface area (Å²) in [4.78, 5) is 12.2. The number of aryl methyl sites for hydroxylation is 1. The van der Waals surface area contributed by atoms with E-state index in [0.717, 1.165) is 5.56 Å². The fourth-order valence-electron chi connectivity index (χ4n) is 2.40. The maximum Gasteiger partial charge on any atom is 0.339 e. The Bertz CT molecular complexity index is 760. The van der Waals surface area contributed by atoms with Crippen molar-refractivity contribution < 1.29 is 17.9 Å². The molecule has 0 fully saturated rings. The van der Waals surface area contributed by atoms with E-state index in [4.69, 9.17) is 4.74 Å². The smallest absolute Gasteiger partial charge is 0.339 e. The van der Waals surface area contributed by atoms with Crippen molar-refractivity contribution in [3.63, 3.8) is 0 Å². The zero-order valence-electron chi connectivity index (χ0n) is 11.4. The zero-order valence-corrected chi connectivity index (χ0v) is 13.0. The van der Waals surface area contributed by atoms with Gasteiger partial charge in [0.1, 0.15) is 10.3 Å². The molecule has 0 radical (unpaired) electrons. The highest BCUT2D eigenvalue weighted by Gasteiger charge is 2.36. The van der Waals surface area contributed by atoms with Crippen molar-refractivity contribution in [3.8, 4) is 0 Å². The normalized spacial score (nSPS) is 23.0. The number of hydrogen-bond donors (Lipinski definition) is 0. The zero-order chi connectivity index (χ0) is 15.0. The van der Waals surface area contributed by atoms with E-state index in [2.05, 4.69) is 0 Å². The van der Waals surface area contributed by atoms with Crippen molar-refractivity contribution in [2.75, 3.05) is 5.75 Å². The first-order valence-corrected chi connectivity index (χ1v) is 9.07. The van der Waals surface area contributed by atoms with E-state index in [0.29, 0.717) is 21.8 Å². The molecule has 0 amide bonds. The molecule has 0 saturated heterocycles. The Morgan fingerprint density at radius 2 is 2.19 bits per heavy atom. The minimum Gasteiger partial charge on any atom is -0.450 e. The van der Waals surface area contributed by atoms with Gasteiger partial charge in [-0.2, -0.15) is 0 Å². The summed E-state index contributed by atoms with van der Waals surface area (Å²) in [5, 5.41) is 1.68. The summed E-state index contributed by atoms with van der Waals surface area (Å²) in [6, 6.07) is 7.14. The van der Waals surface area contributed by atoms with E-state index in [1.165, 1.54) is 11.8 Å². The van der Waals surface area contributed by atoms with Gasteiger partial charge in [-0.1, -0.05) is 29.5 Å². The number of esters is 1. The van der Waals surface area contributed by atoms with Gasteiger partial charge in [-0.3, -0.25) is 0 Å². The predicted octanol–water partition coefficient (Wildman–Crippen LogP) is 2.81. The highest BCUT2D eigenvalue weighted by atomic mass is 32.3. The fourth-order valence-corrected chi connectivity index (χ4v) is 5.41. The van der Waals surface area contributed by atoms with Crippen molar-refractivity contribution in [3.05, 3.63) is 56.7 Å². The molecule has 3 rings (SSSR count). The number of hydrogen-bond acceptors (Lipinski definition) is 5. The average Bonchev–Trinajstić information content (AvgIpc) is 2.76. The van der Waals surface area contributed by atoms with E-state index in [1.807, 2.05) is 13.0 Å². The van der Waals surface area contributed by atoms with Gasteiger partial charge in [-0.25, -0.2) is 13.2 Å². The number of benzene rings is 1. The van der Waals surface area contributed by atoms with Gasteiger partial charge in [-0.15, -0.1) is 0 Å². The van der Waals surface area contributed by atoms with Gasteiger partial charge in [0.05, 0.1) is 11.3 Å². The Labute approximate surface area is 127 Å². The molecule has 6 heteroatoms. The number of rotatable bonds is 2. The van der Waals surface area contributed by atoms with Gasteiger partial charge in [0.15, 0.2) is 9.84 Å². The van der Waals surface area contributed by atoms with Gasteiger partial charge >= 0.3 is 5.97 Å². The lowest BCUT2D eigenvalue weighted by atomic mass is 10.1. The Morgan fingerprint density at radius 1 is 1.38 bits per heavy atom. The average molecular weight is 322 g/mol. The minimum absolute atomic E-state index is 0.102. The van der Waals surface area contributed by atoms with Crippen molar-refractivity contribution in [1.29, 1.82) is 0 Å². The summed E-state index contributed by atoms with van der Waals surface area (Å²) in [6.45, 7) is 1.90. The lowest BCUT2D eigenvalue weighted by Gasteiger charge is -2.19. The summed E-state index contributed by atoms with van der Waals surface area (Å²) in [7, 11) is -3.19. The van der Waals surface area contributed by atoms with Crippen LogP contribution in [0.5, 0.6) is 0 Å². The van der Waals surface area contributed by atoms with Crippen molar-refractivity contribution in [2.45, 2.75) is 19.4 Å². The van der Waals surface area contributed by atoms with Crippen LogP contribution in [0.25, 0.3) is 0 Å². The molecule has 4 nitrogen and oxygen atoms in total. The number of ether oxygens (including phenoxy) is 1. The first-order valence-electron chi connectivity index (χ1n) is 6.54. The van der Waals surface area contributed by atoms with Crippen LogP contribution in [0.3, 0.4) is 0 Å². The quantitative estimate of drug-likeness (QED) is 0.784. The van der Waals surface area contributed by atoms with Crippen molar-refractivity contribution in [1.82, 2.24) is 0 Å². The molecule has 0 spiro atoms. The van der Waals surface area contributed by atoms with E-state index in [-0.39, 0.29) is 5.75 Å². The topological polar surface area (TPSA) is 60.4 Å². The third-order valence-corrected chi connectivity index (χ3v) is 6.83. The largest absolute Gasteiger partial charge is 0.450 e. The van der Waals surface area contributed by atoms with Gasteiger partial charge < -0.3 is 4.74 Å². The molecule has 0 N–H and O–H groups in total. The maximum atomic E-state index is 12.2. The lowest BCUT2D eigenvalue weighted by molar-refractivity contribution is 0.0445. The molecule has 0 saturated carbocycles. The summed E-state index contributed by atoms with van der Waals surface area (Å²) in [6.07, 6.45) is 1.59. The molecule has 2 aliphatic heterocycles. The van der Waals surface area contributed by atoms with Gasteiger partial charge in [0.25, 0.3) is 0 Å². The first-order chi connectivity index (χ1) is 9.97. The second-order valence-electron chi connectivity index (χ2n) is 5.02. The molecule has 1 aromatic carbocycles. The highest BCUT2D eigenvalue weighted by Crippen LogP contribution is 2.41. The minimum atomic E-state index is -3.19. The first kappa shape index (κ1) is 14.4. The fraction of sp³-hybridized carbons (Fsp3) is 0.267. The van der Waals surface area contributed by atoms with Crippen LogP contribution >= 0.6 is 11.8 Å². The summed E-state index contributed by atoms with van der Waals surface area (Å²) >= 11 is 1.19. The molecule has 1 aromatic rings. The predicted molar refractivity (Wildman–Crippen MR) is 82.5 cm³/mol. The molecule has 0 aliphatic carbocycles. The molecule has 2 aliphatic rings. The van der Waals surface area contributed by atoms with Gasteiger partial charge in [0, 0.05) is 5.57 Å². The van der Waals surface area contributed by atoms with Crippen molar-refractivity contribution in [2.24, 2.45) is 0 Å². The van der Waals surface area contributed by atoms with Crippen LogP contribution in [0.2, 0.25) is 0 Å². The summed E-state index contributed by atoms with van der Waals surface area (Å²) < 4.78 is 29.6. The SMILES string of the molecule is Cc1cccc(C(=O)OC2C=CSC3=C2CCS3(=O)=O)c1. The molecule has 1 atom stereocenters. The lowest BCUT2D eigenvalue weighted by Crippen LogP contribution is -2.20. The Kier molecular flexibility index (Phi) is 3.67. The van der Waals surface area contributed by atoms with Gasteiger partial charge in [0.2, 0.25) is 0 Å². The summed E-state index contributed by atoms with van der Waals surface area (Å²) in [5.74, 6) is -0.332. The van der Waals surface area contributed by atoms with E-state index < -0.39 is 21.9 Å². The van der Waals surface area contributed by atoms with E-state index in [1.54, 1.807) is 29.7 Å². The van der Waals surface area contributed by atoms with E-state index in [9.17, 15) is 13.2 Å². The number of carbonyl (C=O) groups excluding carboxylic acids is 1. The number of thioether (sulfide) groups is 1. The van der Waals surface area contributed by atoms with Crippen LogP contribution < -0.4 is 0 Å². The number of sulfone groups is 1. The van der Waals surface area contributed by atoms with Crippen LogP contribution in [0.1, 0.15) is 22.3 Å². The molecule has 0 aromatic heterocycles. The van der Waals surface area contributed by atoms with Crippen LogP contribution in [0.15, 0.2) is 45.6 Å². The number of carbonyl (C=O) groups is 1. The van der Waals surface area contributed by atoms with Crippen LogP contribution in [0, 0.1) is 6.92 Å². The third kappa shape index (κ3) is 2.78. The molecule has 110 valence electrons. The second kappa shape index (κ2) is 5.35. The Hall–Kier alpha value is -1.53. The second-order valence-corrected chi connectivity index (χ2v) is 8.24. The molecular formula is C15H14O4S2. The van der Waals surface area contributed by atoms with Crippen molar-refractivity contribution >= 4 is 27.6 Å². The molecule has 0 bridgehead atoms. The van der Waals surface area contributed by atoms with Crippen LogP contribution in [-0.2, 0) is 14.6 Å². The standard InChI is InChI=1S/C15H14O4S2/c1-10-3-2-4-11(9-10)14(16)19-13-5-7-20-15-12(13)6-8-21(15,17)18/h2-5,7,9,13H,6,8H2,1H3. The maximum absolute atomic E-state index is 12.2. The Morgan fingerprint density at radius 3 is 2.95 bits per heavy atom. The van der Waals surface area contributed by atoms with Gasteiger partial charge in [-0.05, 0) is 37.0 Å². The third-order valence-electron chi connectivity index (χ3n) is 3.44. The summed E-state index contributed by atoms with van der Waals surface area (Å²) in [5.41, 5.74) is 2.15.